The van der Waals surface area contributed by atoms with Crippen molar-refractivity contribution in [3.05, 3.63) is 69.8 Å². The summed E-state index contributed by atoms with van der Waals surface area (Å²) in [6.07, 6.45) is 2.96. The first kappa shape index (κ1) is 25.4. The Hall–Kier alpha value is -3.18. The molecule has 8 heteroatoms. The molecule has 1 aliphatic heterocycles. The minimum absolute atomic E-state index is 0.0749. The molecule has 1 saturated heterocycles. The molecule has 0 saturated carbocycles. The number of hydrogen-bond donors (Lipinski definition) is 2. The summed E-state index contributed by atoms with van der Waals surface area (Å²) in [7, 11) is 1.50. The number of carbonyl (C=O) groups excluding carboxylic acids is 2. The molecule has 3 rings (SSSR count). The maximum absolute atomic E-state index is 12.8. The predicted octanol–water partition coefficient (Wildman–Crippen LogP) is 3.29. The maximum atomic E-state index is 12.8. The van der Waals surface area contributed by atoms with E-state index in [2.05, 4.69) is 11.0 Å². The molecular weight excluding hydrogens is 454 g/mol. The lowest BCUT2D eigenvalue weighted by molar-refractivity contribution is -0.115. The highest BCUT2D eigenvalue weighted by molar-refractivity contribution is 6.30. The number of carbonyl (C=O) groups is 2. The number of piperidine rings is 1. The number of hydrogen-bond acceptors (Lipinski definition) is 6. The van der Waals surface area contributed by atoms with E-state index >= 15 is 0 Å². The second kappa shape index (κ2) is 11.8. The van der Waals surface area contributed by atoms with E-state index < -0.39 is 11.8 Å². The molecule has 178 valence electrons. The van der Waals surface area contributed by atoms with Crippen LogP contribution in [-0.2, 0) is 4.79 Å². The Balaban J connectivity index is 1.71. The molecule has 7 nitrogen and oxygen atoms in total. The van der Waals surface area contributed by atoms with Gasteiger partial charge in [0, 0.05) is 40.1 Å². The Kier molecular flexibility index (Phi) is 8.83. The Morgan fingerprint density at radius 3 is 2.50 bits per heavy atom. The number of rotatable bonds is 9. The van der Waals surface area contributed by atoms with Gasteiger partial charge in [0.25, 0.3) is 0 Å². The summed E-state index contributed by atoms with van der Waals surface area (Å²) < 4.78 is 5.35. The Labute approximate surface area is 204 Å². The van der Waals surface area contributed by atoms with Crippen LogP contribution in [0.25, 0.3) is 6.08 Å². The highest BCUT2D eigenvalue weighted by Crippen LogP contribution is 2.27. The van der Waals surface area contributed by atoms with Gasteiger partial charge in [0.15, 0.2) is 5.78 Å². The molecule has 1 heterocycles. The fraction of sp³-hybridized carbons (Fsp3) is 0.346. The largest absolute Gasteiger partial charge is 0.496 e. The average Bonchev–Trinajstić information content (AvgIpc) is 2.86. The van der Waals surface area contributed by atoms with Gasteiger partial charge in [-0.1, -0.05) is 11.6 Å². The van der Waals surface area contributed by atoms with E-state index in [1.165, 1.54) is 7.11 Å². The van der Waals surface area contributed by atoms with Gasteiger partial charge in [-0.3, -0.25) is 9.59 Å². The lowest BCUT2D eigenvalue weighted by Crippen LogP contribution is -2.41. The summed E-state index contributed by atoms with van der Waals surface area (Å²) in [6.45, 7) is 1.49. The molecule has 34 heavy (non-hydrogen) atoms. The van der Waals surface area contributed by atoms with Gasteiger partial charge in [-0.15, -0.1) is 0 Å². The lowest BCUT2D eigenvalue weighted by Gasteiger charge is -2.33. The van der Waals surface area contributed by atoms with E-state index in [4.69, 9.17) is 22.1 Å². The fourth-order valence-corrected chi connectivity index (χ4v) is 4.39. The number of amides is 1. The zero-order valence-electron chi connectivity index (χ0n) is 19.0. The Morgan fingerprint density at radius 1 is 1.26 bits per heavy atom. The maximum Gasteiger partial charge on any atom is 0.245 e. The molecule has 2 aromatic carbocycles. The number of methoxy groups -OCH3 is 1. The van der Waals surface area contributed by atoms with Crippen LogP contribution in [0.15, 0.2) is 48.0 Å². The van der Waals surface area contributed by atoms with Crippen molar-refractivity contribution in [2.75, 3.05) is 33.4 Å². The fourth-order valence-electron chi connectivity index (χ4n) is 4.27. The minimum Gasteiger partial charge on any atom is -0.496 e. The highest BCUT2D eigenvalue weighted by Gasteiger charge is 2.28. The van der Waals surface area contributed by atoms with Crippen LogP contribution in [0.3, 0.4) is 0 Å². The summed E-state index contributed by atoms with van der Waals surface area (Å²) in [5.41, 5.74) is 7.55. The zero-order chi connectivity index (χ0) is 24.7. The Morgan fingerprint density at radius 2 is 1.94 bits per heavy atom. The van der Waals surface area contributed by atoms with Crippen LogP contribution in [0.2, 0.25) is 5.02 Å². The standard InChI is InChI=1S/C26H28ClN3O4/c1-34-24-7-2-17(14-28)12-20(24)13-23(26(29)33)21(16-31)15-30-10-8-19(9-11-30)25(32)18-3-5-22(27)6-4-18/h2-7,12-13,19,21,31H,8-11,15-16H2,1H3,(H2,29,33)/t21-/m0/s1. The smallest absolute Gasteiger partial charge is 0.245 e. The van der Waals surface area contributed by atoms with Gasteiger partial charge in [-0.05, 0) is 74.5 Å². The SMILES string of the molecule is COc1ccc(C#N)cc1C=C(C(N)=O)[C@H](CO)CN1CCC(C(=O)c2ccc(Cl)cc2)CC1. The van der Waals surface area contributed by atoms with Crippen molar-refractivity contribution >= 4 is 29.4 Å². The van der Waals surface area contributed by atoms with Crippen LogP contribution < -0.4 is 10.5 Å². The van der Waals surface area contributed by atoms with E-state index in [1.54, 1.807) is 48.5 Å². The van der Waals surface area contributed by atoms with Crippen LogP contribution in [-0.4, -0.2) is 55.0 Å². The average molecular weight is 482 g/mol. The van der Waals surface area contributed by atoms with E-state index in [0.29, 0.717) is 59.9 Å². The third-order valence-electron chi connectivity index (χ3n) is 6.18. The summed E-state index contributed by atoms with van der Waals surface area (Å²) >= 11 is 5.92. The predicted molar refractivity (Wildman–Crippen MR) is 130 cm³/mol. The van der Waals surface area contributed by atoms with Gasteiger partial charge in [0.2, 0.25) is 5.91 Å². The van der Waals surface area contributed by atoms with Crippen molar-refractivity contribution in [2.45, 2.75) is 12.8 Å². The molecule has 0 bridgehead atoms. The van der Waals surface area contributed by atoms with E-state index in [9.17, 15) is 20.0 Å². The van der Waals surface area contributed by atoms with Gasteiger partial charge in [0.05, 0.1) is 25.3 Å². The van der Waals surface area contributed by atoms with Gasteiger partial charge >= 0.3 is 0 Å². The second-order valence-electron chi connectivity index (χ2n) is 8.36. The number of ketones is 1. The van der Waals surface area contributed by atoms with Crippen LogP contribution in [0.5, 0.6) is 5.75 Å². The number of ether oxygens (including phenoxy) is 1. The summed E-state index contributed by atoms with van der Waals surface area (Å²) in [4.78, 5) is 27.2. The normalized spacial score (nSPS) is 16.0. The van der Waals surface area contributed by atoms with Crippen molar-refractivity contribution in [1.29, 1.82) is 5.26 Å². The van der Waals surface area contributed by atoms with E-state index in [-0.39, 0.29) is 23.9 Å². The van der Waals surface area contributed by atoms with Crippen LogP contribution in [0, 0.1) is 23.2 Å². The molecule has 0 aromatic heterocycles. The molecule has 3 N–H and O–H groups in total. The van der Waals surface area contributed by atoms with Crippen molar-refractivity contribution in [1.82, 2.24) is 4.90 Å². The van der Waals surface area contributed by atoms with Gasteiger partial charge in [-0.25, -0.2) is 0 Å². The monoisotopic (exact) mass is 481 g/mol. The number of aliphatic hydroxyl groups excluding tert-OH is 1. The molecule has 1 amide bonds. The molecule has 1 fully saturated rings. The molecule has 0 spiro atoms. The van der Waals surface area contributed by atoms with Crippen LogP contribution >= 0.6 is 11.6 Å². The quantitative estimate of drug-likeness (QED) is 0.419. The first-order valence-electron chi connectivity index (χ1n) is 11.1. The van der Waals surface area contributed by atoms with E-state index in [0.717, 1.165) is 0 Å². The van der Waals surface area contributed by atoms with Crippen molar-refractivity contribution in [3.63, 3.8) is 0 Å². The van der Waals surface area contributed by atoms with Crippen molar-refractivity contribution < 1.29 is 19.4 Å². The number of nitriles is 1. The first-order chi connectivity index (χ1) is 16.4. The van der Waals surface area contributed by atoms with Gasteiger partial charge in [-0.2, -0.15) is 5.26 Å². The topological polar surface area (TPSA) is 117 Å². The lowest BCUT2D eigenvalue weighted by atomic mass is 9.88. The van der Waals surface area contributed by atoms with E-state index in [1.807, 2.05) is 0 Å². The minimum atomic E-state index is -0.642. The molecule has 2 aromatic rings. The highest BCUT2D eigenvalue weighted by atomic mass is 35.5. The number of Topliss-reactive ketones (excluding diaryl/α,β-unsaturated/α-hetero) is 1. The zero-order valence-corrected chi connectivity index (χ0v) is 19.8. The molecule has 1 atom stereocenters. The summed E-state index contributed by atoms with van der Waals surface area (Å²) in [5.74, 6) is -0.630. The van der Waals surface area contributed by atoms with Gasteiger partial charge in [0.1, 0.15) is 5.75 Å². The summed E-state index contributed by atoms with van der Waals surface area (Å²) in [6, 6.07) is 13.9. The number of likely N-dealkylation sites (tertiary alicyclic amines) is 1. The summed E-state index contributed by atoms with van der Waals surface area (Å²) in [5, 5.41) is 19.9. The number of aliphatic hydroxyl groups is 1. The molecule has 0 unspecified atom stereocenters. The molecule has 0 aliphatic carbocycles. The van der Waals surface area contributed by atoms with Gasteiger partial charge < -0.3 is 20.5 Å². The number of nitrogens with two attached hydrogens (primary N) is 1. The first-order valence-corrected chi connectivity index (χ1v) is 11.5. The van der Waals surface area contributed by atoms with Crippen molar-refractivity contribution in [3.8, 4) is 11.8 Å². The molecule has 0 radical (unpaired) electrons. The van der Waals surface area contributed by atoms with Crippen LogP contribution in [0.1, 0.15) is 34.3 Å². The third-order valence-corrected chi connectivity index (χ3v) is 6.43. The third kappa shape index (κ3) is 6.23. The second-order valence-corrected chi connectivity index (χ2v) is 8.79. The molecular formula is C26H28ClN3O4. The number of nitrogens with zero attached hydrogens (tertiary/aromatic N) is 2. The number of primary amides is 1. The van der Waals surface area contributed by atoms with Crippen LogP contribution in [0.4, 0.5) is 0 Å². The number of benzene rings is 2. The number of halogens is 1. The molecule has 1 aliphatic rings. The Bertz CT molecular complexity index is 1100. The van der Waals surface area contributed by atoms with Crippen molar-refractivity contribution in [2.24, 2.45) is 17.6 Å².